The van der Waals surface area contributed by atoms with Crippen LogP contribution in [0.15, 0.2) is 30.6 Å². The van der Waals surface area contributed by atoms with Gasteiger partial charge in [-0.3, -0.25) is 14.3 Å². The van der Waals surface area contributed by atoms with Gasteiger partial charge in [-0.15, -0.1) is 0 Å². The Morgan fingerprint density at radius 2 is 2.00 bits per heavy atom. The van der Waals surface area contributed by atoms with Gasteiger partial charge in [-0.05, 0) is 31.0 Å². The summed E-state index contributed by atoms with van der Waals surface area (Å²) in [5.74, 6) is -0.414. The second-order valence-corrected chi connectivity index (χ2v) is 6.91. The zero-order valence-electron chi connectivity index (χ0n) is 15.3. The Hall–Kier alpha value is -3.37. The van der Waals surface area contributed by atoms with Crippen molar-refractivity contribution >= 4 is 23.3 Å². The van der Waals surface area contributed by atoms with E-state index in [1.165, 1.54) is 17.8 Å². The van der Waals surface area contributed by atoms with Gasteiger partial charge < -0.3 is 15.0 Å². The van der Waals surface area contributed by atoms with Crippen LogP contribution < -0.4 is 10.6 Å². The topological polar surface area (TPSA) is 93.3 Å². The molecule has 0 aliphatic heterocycles. The van der Waals surface area contributed by atoms with Crippen LogP contribution in [-0.4, -0.2) is 43.7 Å². The highest BCUT2D eigenvalue weighted by molar-refractivity contribution is 5.94. The fourth-order valence-corrected chi connectivity index (χ4v) is 2.87. The minimum absolute atomic E-state index is 0.00682. The van der Waals surface area contributed by atoms with Crippen LogP contribution in [0.25, 0.3) is 16.9 Å². The average Bonchev–Trinajstić information content (AvgIpc) is 3.32. The fraction of sp³-hybridized carbons (Fsp3) is 0.333. The van der Waals surface area contributed by atoms with Crippen molar-refractivity contribution in [2.24, 2.45) is 13.0 Å². The number of anilines is 1. The first-order valence-corrected chi connectivity index (χ1v) is 8.88. The van der Waals surface area contributed by atoms with Crippen LogP contribution in [0.5, 0.6) is 0 Å². The van der Waals surface area contributed by atoms with E-state index in [1.807, 2.05) is 5.32 Å². The molecule has 3 heterocycles. The van der Waals surface area contributed by atoms with Gasteiger partial charge >= 0.3 is 6.18 Å². The molecule has 0 atom stereocenters. The number of imidazole rings is 1. The summed E-state index contributed by atoms with van der Waals surface area (Å²) >= 11 is 0. The molecule has 0 bridgehead atoms. The highest BCUT2D eigenvalue weighted by Gasteiger charge is 2.30. The zero-order valence-corrected chi connectivity index (χ0v) is 15.3. The Morgan fingerprint density at radius 1 is 1.24 bits per heavy atom. The molecule has 1 saturated carbocycles. The van der Waals surface area contributed by atoms with E-state index in [2.05, 4.69) is 15.4 Å². The molecular formula is C18H17F3N6O2. The number of pyridine rings is 1. The Labute approximate surface area is 162 Å². The summed E-state index contributed by atoms with van der Waals surface area (Å²) in [5.41, 5.74) is 1.68. The molecule has 8 nitrogen and oxygen atoms in total. The lowest BCUT2D eigenvalue weighted by atomic mass is 10.2. The molecule has 0 saturated heterocycles. The van der Waals surface area contributed by atoms with Gasteiger partial charge in [0.05, 0.1) is 11.9 Å². The monoisotopic (exact) mass is 406 g/mol. The van der Waals surface area contributed by atoms with Gasteiger partial charge in [-0.2, -0.15) is 18.3 Å². The molecule has 2 N–H and O–H groups in total. The molecule has 0 radical (unpaired) electrons. The summed E-state index contributed by atoms with van der Waals surface area (Å²) < 4.78 is 39.8. The highest BCUT2D eigenvalue weighted by Crippen LogP contribution is 2.30. The zero-order chi connectivity index (χ0) is 20.8. The molecule has 11 heteroatoms. The number of halogens is 3. The molecule has 1 aliphatic rings. The molecule has 1 fully saturated rings. The summed E-state index contributed by atoms with van der Waals surface area (Å²) in [6, 6.07) is 4.87. The van der Waals surface area contributed by atoms with Crippen molar-refractivity contribution in [3.05, 3.63) is 36.3 Å². The van der Waals surface area contributed by atoms with E-state index in [4.69, 9.17) is 0 Å². The third-order valence-corrected chi connectivity index (χ3v) is 4.51. The van der Waals surface area contributed by atoms with Crippen LogP contribution in [0, 0.1) is 5.92 Å². The maximum Gasteiger partial charge on any atom is 0.405 e. The number of hydrogen-bond donors (Lipinski definition) is 2. The first-order valence-electron chi connectivity index (χ1n) is 8.88. The van der Waals surface area contributed by atoms with Crippen LogP contribution in [0.3, 0.4) is 0 Å². The van der Waals surface area contributed by atoms with E-state index in [1.54, 1.807) is 28.9 Å². The Balaban J connectivity index is 1.54. The number of carbonyl (C=O) groups excluding carboxylic acids is 2. The van der Waals surface area contributed by atoms with Crippen molar-refractivity contribution in [2.75, 3.05) is 11.9 Å². The lowest BCUT2D eigenvalue weighted by Gasteiger charge is -2.07. The number of aromatic nitrogens is 4. The van der Waals surface area contributed by atoms with E-state index >= 15 is 0 Å². The normalized spacial score (nSPS) is 14.2. The number of hydrogen-bond acceptors (Lipinski definition) is 4. The van der Waals surface area contributed by atoms with Crippen LogP contribution in [0.1, 0.15) is 23.3 Å². The van der Waals surface area contributed by atoms with Crippen LogP contribution in [0.2, 0.25) is 0 Å². The molecule has 29 heavy (non-hydrogen) atoms. The van der Waals surface area contributed by atoms with Gasteiger partial charge in [-0.25, -0.2) is 4.98 Å². The number of amides is 2. The van der Waals surface area contributed by atoms with Gasteiger partial charge in [0.25, 0.3) is 5.91 Å². The first kappa shape index (κ1) is 19.0. The van der Waals surface area contributed by atoms with E-state index in [9.17, 15) is 22.8 Å². The van der Waals surface area contributed by atoms with Crippen LogP contribution in [0.4, 0.5) is 19.0 Å². The van der Waals surface area contributed by atoms with Crippen LogP contribution in [-0.2, 0) is 11.8 Å². The van der Waals surface area contributed by atoms with E-state index in [0.29, 0.717) is 22.7 Å². The smallest absolute Gasteiger partial charge is 0.342 e. The molecule has 3 aromatic heterocycles. The van der Waals surface area contributed by atoms with Crippen molar-refractivity contribution in [1.29, 1.82) is 0 Å². The minimum Gasteiger partial charge on any atom is -0.342 e. The summed E-state index contributed by atoms with van der Waals surface area (Å²) in [7, 11) is 1.48. The number of carbonyl (C=O) groups is 2. The third kappa shape index (κ3) is 4.23. The molecule has 3 aromatic rings. The van der Waals surface area contributed by atoms with Crippen molar-refractivity contribution in [1.82, 2.24) is 24.5 Å². The predicted molar refractivity (Wildman–Crippen MR) is 97.1 cm³/mol. The molecule has 0 aromatic carbocycles. The van der Waals surface area contributed by atoms with Crippen molar-refractivity contribution in [3.8, 4) is 11.3 Å². The van der Waals surface area contributed by atoms with E-state index < -0.39 is 18.6 Å². The Morgan fingerprint density at radius 3 is 2.69 bits per heavy atom. The standard InChI is InChI=1S/C18H17F3N6O2/c1-26-13(17(29)22-9-18(19,20)21)6-12(25-26)11-4-5-15-23-14(8-27(15)7-11)24-16(28)10-2-3-10/h4-8,10H,2-3,9H2,1H3,(H,22,29)(H,24,28). The van der Waals surface area contributed by atoms with Crippen molar-refractivity contribution < 1.29 is 22.8 Å². The number of rotatable bonds is 5. The molecule has 152 valence electrons. The fourth-order valence-electron chi connectivity index (χ4n) is 2.87. The number of nitrogens with zero attached hydrogens (tertiary/aromatic N) is 4. The van der Waals surface area contributed by atoms with Crippen molar-refractivity contribution in [3.63, 3.8) is 0 Å². The number of aryl methyl sites for hydroxylation is 1. The van der Waals surface area contributed by atoms with Crippen LogP contribution >= 0.6 is 0 Å². The molecule has 0 spiro atoms. The molecule has 0 unspecified atom stereocenters. The maximum absolute atomic E-state index is 12.3. The Bertz CT molecular complexity index is 1100. The van der Waals surface area contributed by atoms with Gasteiger partial charge in [0.15, 0.2) is 5.82 Å². The van der Waals surface area contributed by atoms with Gasteiger partial charge in [0.2, 0.25) is 5.91 Å². The SMILES string of the molecule is Cn1nc(-c2ccc3nc(NC(=O)C4CC4)cn3c2)cc1C(=O)NCC(F)(F)F. The number of fused-ring (bicyclic) bond motifs is 1. The number of nitrogens with one attached hydrogen (secondary N) is 2. The quantitative estimate of drug-likeness (QED) is 0.680. The maximum atomic E-state index is 12.3. The van der Waals surface area contributed by atoms with Crippen molar-refractivity contribution in [2.45, 2.75) is 19.0 Å². The lowest BCUT2D eigenvalue weighted by molar-refractivity contribution is -0.123. The number of alkyl halides is 3. The third-order valence-electron chi connectivity index (χ3n) is 4.51. The van der Waals surface area contributed by atoms with Gasteiger partial charge in [0, 0.05) is 24.7 Å². The second-order valence-electron chi connectivity index (χ2n) is 6.91. The molecule has 2 amide bonds. The van der Waals surface area contributed by atoms with Gasteiger partial charge in [0.1, 0.15) is 17.9 Å². The molecule has 4 rings (SSSR count). The largest absolute Gasteiger partial charge is 0.405 e. The second kappa shape index (κ2) is 6.90. The Kier molecular flexibility index (Phi) is 4.52. The summed E-state index contributed by atoms with van der Waals surface area (Å²) in [5, 5.41) is 8.81. The summed E-state index contributed by atoms with van der Waals surface area (Å²) in [6.07, 6.45) is 0.674. The summed E-state index contributed by atoms with van der Waals surface area (Å²) in [6.45, 7) is -1.41. The first-order chi connectivity index (χ1) is 13.7. The van der Waals surface area contributed by atoms with E-state index in [-0.39, 0.29) is 17.5 Å². The average molecular weight is 406 g/mol. The van der Waals surface area contributed by atoms with Gasteiger partial charge in [-0.1, -0.05) is 0 Å². The molecular weight excluding hydrogens is 389 g/mol. The molecule has 1 aliphatic carbocycles. The minimum atomic E-state index is -4.49. The highest BCUT2D eigenvalue weighted by atomic mass is 19.4. The lowest BCUT2D eigenvalue weighted by Crippen LogP contribution is -2.34. The van der Waals surface area contributed by atoms with E-state index in [0.717, 1.165) is 12.8 Å². The summed E-state index contributed by atoms with van der Waals surface area (Å²) in [4.78, 5) is 28.2. The predicted octanol–water partition coefficient (Wildman–Crippen LogP) is 2.38.